The van der Waals surface area contributed by atoms with E-state index in [2.05, 4.69) is 0 Å². The van der Waals surface area contributed by atoms with Crippen LogP contribution < -0.4 is 14.2 Å². The summed E-state index contributed by atoms with van der Waals surface area (Å²) in [6.07, 6.45) is 1.45. The summed E-state index contributed by atoms with van der Waals surface area (Å²) in [4.78, 5) is 27.6. The molecule has 1 fully saturated rings. The average molecular weight is 508 g/mol. The number of aliphatic hydroxyl groups is 1. The molecule has 34 heavy (non-hydrogen) atoms. The molecule has 2 aromatic rings. The van der Waals surface area contributed by atoms with E-state index in [1.165, 1.54) is 25.2 Å². The molecule has 1 amide bonds. The normalized spacial score (nSPS) is 17.2. The number of benzene rings is 2. The number of methoxy groups -OCH3 is 2. The number of likely N-dealkylation sites (tertiary alicyclic amines) is 1. The van der Waals surface area contributed by atoms with Crippen LogP contribution in [-0.2, 0) is 9.59 Å². The zero-order chi connectivity index (χ0) is 25.0. The third-order valence-corrected chi connectivity index (χ3v) is 6.07. The first-order valence-electron chi connectivity index (χ1n) is 10.9. The lowest BCUT2D eigenvalue weighted by Crippen LogP contribution is -2.30. The Morgan fingerprint density at radius 3 is 2.38 bits per heavy atom. The molecular formula is C25H27Cl2NO6. The van der Waals surface area contributed by atoms with Crippen molar-refractivity contribution in [3.63, 3.8) is 0 Å². The van der Waals surface area contributed by atoms with Crippen LogP contribution in [0.25, 0.3) is 5.76 Å². The van der Waals surface area contributed by atoms with Gasteiger partial charge in [-0.05, 0) is 36.6 Å². The summed E-state index contributed by atoms with van der Waals surface area (Å²) in [5.41, 5.74) is 0.630. The first kappa shape index (κ1) is 25.7. The number of carbonyl (C=O) groups excluding carboxylic acids is 2. The van der Waals surface area contributed by atoms with Crippen molar-refractivity contribution in [2.75, 3.05) is 27.4 Å². The number of halogens is 2. The van der Waals surface area contributed by atoms with Gasteiger partial charge in [0.2, 0.25) is 0 Å². The van der Waals surface area contributed by atoms with Gasteiger partial charge in [0.15, 0.2) is 11.5 Å². The number of aliphatic hydroxyl groups excluding tert-OH is 1. The minimum atomic E-state index is -0.825. The van der Waals surface area contributed by atoms with E-state index in [1.807, 2.05) is 13.8 Å². The van der Waals surface area contributed by atoms with Crippen LogP contribution in [0.15, 0.2) is 35.9 Å². The van der Waals surface area contributed by atoms with Gasteiger partial charge in [0.25, 0.3) is 11.7 Å². The Morgan fingerprint density at radius 2 is 1.76 bits per heavy atom. The van der Waals surface area contributed by atoms with Crippen LogP contribution in [0.5, 0.6) is 17.2 Å². The van der Waals surface area contributed by atoms with Gasteiger partial charge in [-0.2, -0.15) is 0 Å². The molecule has 1 aliphatic heterocycles. The molecule has 1 aliphatic rings. The van der Waals surface area contributed by atoms with Gasteiger partial charge < -0.3 is 24.2 Å². The molecule has 1 atom stereocenters. The molecule has 0 radical (unpaired) electrons. The lowest BCUT2D eigenvalue weighted by atomic mass is 9.94. The Bertz CT molecular complexity index is 1130. The van der Waals surface area contributed by atoms with E-state index in [1.54, 1.807) is 24.3 Å². The molecule has 0 bridgehead atoms. The standard InChI is InChI=1S/C25H27Cl2NO6/c1-5-10-28-20(14-8-7-9-15(12-14)34-11-6-2)18(22(30)25(28)31)21(29)16-13-17(26)24(33-4)19(27)23(16)32-3/h7-9,12-13,20,29H,5-6,10-11H2,1-4H3/b21-18+. The number of Topliss-reactive ketones (excluding diaryl/α,β-unsaturated/α-hetero) is 1. The molecule has 0 aliphatic carbocycles. The van der Waals surface area contributed by atoms with Crippen molar-refractivity contribution in [3.05, 3.63) is 57.1 Å². The number of ether oxygens (including phenoxy) is 3. The molecule has 1 N–H and O–H groups in total. The monoisotopic (exact) mass is 507 g/mol. The molecule has 0 saturated carbocycles. The largest absolute Gasteiger partial charge is 0.507 e. The second kappa shape index (κ2) is 11.0. The van der Waals surface area contributed by atoms with Gasteiger partial charge in [0.1, 0.15) is 16.5 Å². The van der Waals surface area contributed by atoms with Crippen molar-refractivity contribution in [2.24, 2.45) is 0 Å². The second-order valence-corrected chi connectivity index (χ2v) is 8.49. The summed E-state index contributed by atoms with van der Waals surface area (Å²) in [6, 6.07) is 7.72. The molecule has 7 nitrogen and oxygen atoms in total. The van der Waals surface area contributed by atoms with Crippen LogP contribution in [0.2, 0.25) is 10.0 Å². The SMILES string of the molecule is CCCOc1cccc(C2/C(=C(\O)c3cc(Cl)c(OC)c(Cl)c3OC)C(=O)C(=O)N2CCC)c1. The molecule has 1 saturated heterocycles. The zero-order valence-electron chi connectivity index (χ0n) is 19.5. The predicted molar refractivity (Wildman–Crippen MR) is 131 cm³/mol. The maximum Gasteiger partial charge on any atom is 0.295 e. The Morgan fingerprint density at radius 1 is 1.06 bits per heavy atom. The van der Waals surface area contributed by atoms with E-state index >= 15 is 0 Å². The van der Waals surface area contributed by atoms with Crippen molar-refractivity contribution in [2.45, 2.75) is 32.7 Å². The van der Waals surface area contributed by atoms with Gasteiger partial charge in [-0.15, -0.1) is 0 Å². The van der Waals surface area contributed by atoms with Gasteiger partial charge >= 0.3 is 0 Å². The Hall–Kier alpha value is -2.90. The third-order valence-electron chi connectivity index (χ3n) is 5.45. The summed E-state index contributed by atoms with van der Waals surface area (Å²) in [6.45, 7) is 4.76. The van der Waals surface area contributed by atoms with Crippen molar-refractivity contribution in [1.29, 1.82) is 0 Å². The molecule has 9 heteroatoms. The number of ketones is 1. The van der Waals surface area contributed by atoms with Gasteiger partial charge in [0.05, 0.1) is 43.0 Å². The molecule has 1 heterocycles. The topological polar surface area (TPSA) is 85.3 Å². The Kier molecular flexibility index (Phi) is 8.33. The van der Waals surface area contributed by atoms with Crippen LogP contribution in [0.4, 0.5) is 0 Å². The summed E-state index contributed by atoms with van der Waals surface area (Å²) < 4.78 is 16.4. The fourth-order valence-electron chi connectivity index (χ4n) is 3.98. The molecule has 1 unspecified atom stereocenters. The van der Waals surface area contributed by atoms with Crippen LogP contribution in [0.3, 0.4) is 0 Å². The maximum atomic E-state index is 13.2. The molecule has 0 aromatic heterocycles. The highest BCUT2D eigenvalue weighted by Crippen LogP contribution is 2.47. The summed E-state index contributed by atoms with van der Waals surface area (Å²) >= 11 is 12.7. The van der Waals surface area contributed by atoms with Gasteiger partial charge in [0, 0.05) is 6.54 Å². The minimum Gasteiger partial charge on any atom is -0.507 e. The van der Waals surface area contributed by atoms with Gasteiger partial charge in [-0.3, -0.25) is 9.59 Å². The van der Waals surface area contributed by atoms with E-state index in [4.69, 9.17) is 37.4 Å². The number of hydrogen-bond acceptors (Lipinski definition) is 6. The van der Waals surface area contributed by atoms with Crippen LogP contribution in [0, 0.1) is 0 Å². The zero-order valence-corrected chi connectivity index (χ0v) is 21.0. The minimum absolute atomic E-state index is 0.0355. The summed E-state index contributed by atoms with van der Waals surface area (Å²) in [5, 5.41) is 11.5. The number of amides is 1. The molecule has 3 rings (SSSR count). The maximum absolute atomic E-state index is 13.2. The summed E-state index contributed by atoms with van der Waals surface area (Å²) in [5.74, 6) is -1.10. The van der Waals surface area contributed by atoms with Gasteiger partial charge in [-0.1, -0.05) is 49.2 Å². The molecule has 182 valence electrons. The first-order chi connectivity index (χ1) is 16.3. The van der Waals surface area contributed by atoms with E-state index in [9.17, 15) is 14.7 Å². The van der Waals surface area contributed by atoms with Crippen LogP contribution in [0.1, 0.15) is 43.9 Å². The summed E-state index contributed by atoms with van der Waals surface area (Å²) in [7, 11) is 2.77. The van der Waals surface area contributed by atoms with Crippen LogP contribution in [-0.4, -0.2) is 49.1 Å². The third kappa shape index (κ3) is 4.68. The average Bonchev–Trinajstić information content (AvgIpc) is 3.07. The smallest absolute Gasteiger partial charge is 0.295 e. The van der Waals surface area contributed by atoms with E-state index in [-0.39, 0.29) is 32.7 Å². The quantitative estimate of drug-likeness (QED) is 0.269. The van der Waals surface area contributed by atoms with Gasteiger partial charge in [-0.25, -0.2) is 0 Å². The van der Waals surface area contributed by atoms with E-state index < -0.39 is 23.5 Å². The lowest BCUT2D eigenvalue weighted by molar-refractivity contribution is -0.139. The first-order valence-corrected chi connectivity index (χ1v) is 11.7. The lowest BCUT2D eigenvalue weighted by Gasteiger charge is -2.25. The predicted octanol–water partition coefficient (Wildman–Crippen LogP) is 5.63. The van der Waals surface area contributed by atoms with Crippen molar-refractivity contribution in [1.82, 2.24) is 4.90 Å². The fraction of sp³-hybridized carbons (Fsp3) is 0.360. The fourth-order valence-corrected chi connectivity index (χ4v) is 4.67. The number of carbonyl (C=O) groups is 2. The molecular weight excluding hydrogens is 481 g/mol. The number of hydrogen-bond donors (Lipinski definition) is 1. The van der Waals surface area contributed by atoms with E-state index in [0.29, 0.717) is 30.9 Å². The highest BCUT2D eigenvalue weighted by Gasteiger charge is 2.46. The van der Waals surface area contributed by atoms with Crippen molar-refractivity contribution < 1.29 is 28.9 Å². The Labute approximate surface area is 208 Å². The number of nitrogens with zero attached hydrogens (tertiary/aromatic N) is 1. The molecule has 0 spiro atoms. The van der Waals surface area contributed by atoms with Crippen molar-refractivity contribution >= 4 is 40.7 Å². The Balaban J connectivity index is 2.26. The van der Waals surface area contributed by atoms with Crippen molar-refractivity contribution in [3.8, 4) is 17.2 Å². The number of rotatable bonds is 9. The van der Waals surface area contributed by atoms with E-state index in [0.717, 1.165) is 6.42 Å². The highest BCUT2D eigenvalue weighted by atomic mass is 35.5. The second-order valence-electron chi connectivity index (χ2n) is 7.70. The van der Waals surface area contributed by atoms with Crippen LogP contribution >= 0.6 is 23.2 Å². The molecule has 2 aromatic carbocycles. The highest BCUT2D eigenvalue weighted by molar-refractivity contribution is 6.47.